The van der Waals surface area contributed by atoms with Gasteiger partial charge < -0.3 is 9.67 Å². The number of nitrogens with zero attached hydrogens (tertiary/aromatic N) is 2. The predicted octanol–water partition coefficient (Wildman–Crippen LogP) is 3.14. The van der Waals surface area contributed by atoms with Gasteiger partial charge in [-0.05, 0) is 60.2 Å². The Morgan fingerprint density at radius 2 is 2.13 bits per heavy atom. The predicted molar refractivity (Wildman–Crippen MR) is 117 cm³/mol. The number of hydroxylamine groups is 1. The highest BCUT2D eigenvalue weighted by molar-refractivity contribution is 5.90. The monoisotopic (exact) mass is 405 g/mol. The molecule has 1 aromatic heterocycles. The molecule has 0 saturated carbocycles. The fourth-order valence-electron chi connectivity index (χ4n) is 4.45. The van der Waals surface area contributed by atoms with Gasteiger partial charge in [0.05, 0.1) is 12.6 Å². The molecule has 0 fully saturated rings. The van der Waals surface area contributed by atoms with Crippen LogP contribution >= 0.6 is 0 Å². The molecule has 3 aromatic rings. The topological polar surface area (TPSA) is 77.7 Å². The van der Waals surface area contributed by atoms with E-state index >= 15 is 0 Å². The summed E-state index contributed by atoms with van der Waals surface area (Å²) in [6.07, 6.45) is 7.05. The Morgan fingerprint density at radius 1 is 1.30 bits per heavy atom. The van der Waals surface area contributed by atoms with Gasteiger partial charge in [0.2, 0.25) is 0 Å². The van der Waals surface area contributed by atoms with E-state index in [-0.39, 0.29) is 18.7 Å². The van der Waals surface area contributed by atoms with E-state index in [1.54, 1.807) is 11.6 Å². The Bertz CT molecular complexity index is 1070. The normalized spacial score (nSPS) is 17.0. The van der Waals surface area contributed by atoms with E-state index in [0.29, 0.717) is 0 Å². The molecule has 1 aliphatic carbocycles. The molecule has 156 valence electrons. The van der Waals surface area contributed by atoms with Crippen molar-refractivity contribution in [2.45, 2.75) is 31.5 Å². The van der Waals surface area contributed by atoms with Gasteiger partial charge in [-0.1, -0.05) is 36.4 Å². The summed E-state index contributed by atoms with van der Waals surface area (Å²) in [4.78, 5) is 13.5. The van der Waals surface area contributed by atoms with Gasteiger partial charge in [0.25, 0.3) is 5.91 Å². The van der Waals surface area contributed by atoms with Crippen molar-refractivity contribution in [2.75, 3.05) is 13.7 Å². The number of fused-ring (bicyclic) bond motifs is 2. The van der Waals surface area contributed by atoms with Crippen molar-refractivity contribution in [2.24, 2.45) is 0 Å². The van der Waals surface area contributed by atoms with Crippen LogP contribution in [0.25, 0.3) is 17.0 Å². The molecule has 0 bridgehead atoms. The van der Waals surface area contributed by atoms with Crippen molar-refractivity contribution < 1.29 is 15.1 Å². The lowest BCUT2D eigenvalue weighted by Gasteiger charge is -2.33. The molecule has 1 aliphatic rings. The summed E-state index contributed by atoms with van der Waals surface area (Å²) in [7, 11) is 2.09. The van der Waals surface area contributed by atoms with Crippen LogP contribution in [0.4, 0.5) is 0 Å². The van der Waals surface area contributed by atoms with Crippen LogP contribution in [-0.4, -0.2) is 45.4 Å². The summed E-state index contributed by atoms with van der Waals surface area (Å²) in [5.74, 6) is -0.545. The largest absolute Gasteiger partial charge is 0.395 e. The molecule has 6 nitrogen and oxygen atoms in total. The molecule has 3 N–H and O–H groups in total. The number of aryl methyl sites for hydroxylation is 1. The molecule has 0 radical (unpaired) electrons. The summed E-state index contributed by atoms with van der Waals surface area (Å²) < 4.78 is 2.21. The molecule has 0 saturated heterocycles. The maximum atomic E-state index is 11.2. The van der Waals surface area contributed by atoms with E-state index in [2.05, 4.69) is 53.0 Å². The fourth-order valence-corrected chi connectivity index (χ4v) is 4.45. The van der Waals surface area contributed by atoms with Crippen molar-refractivity contribution in [1.82, 2.24) is 14.9 Å². The average molecular weight is 405 g/mol. The third-order valence-electron chi connectivity index (χ3n) is 6.12. The molecule has 30 heavy (non-hydrogen) atoms. The first-order chi connectivity index (χ1) is 14.6. The highest BCUT2D eigenvalue weighted by Gasteiger charge is 2.30. The standard InChI is InChI=1S/C24H27N3O3/c1-26(20(16-28)15-27-13-12-18-4-2-3-5-22(18)27)23-10-8-19-14-17(6-9-21(19)23)7-11-24(29)25-30/h2-7,9,11-14,20,23,28,30H,8,10,15-16H2,1H3,(H,25,29)/t20-,23?/m0/s1. The Labute approximate surface area is 176 Å². The zero-order chi connectivity index (χ0) is 21.1. The van der Waals surface area contributed by atoms with E-state index in [1.807, 2.05) is 18.2 Å². The minimum atomic E-state index is -0.545. The Morgan fingerprint density at radius 3 is 2.93 bits per heavy atom. The molecule has 1 amide bonds. The SMILES string of the molecule is CN(C1CCc2cc(C=CC(=O)NO)ccc21)[C@H](CO)Cn1ccc2ccccc21. The number of amides is 1. The fraction of sp³-hybridized carbons (Fsp3) is 0.292. The number of nitrogens with one attached hydrogen (secondary N) is 1. The number of hydrogen-bond acceptors (Lipinski definition) is 4. The van der Waals surface area contributed by atoms with Crippen LogP contribution in [0.15, 0.2) is 60.8 Å². The zero-order valence-corrected chi connectivity index (χ0v) is 17.0. The third kappa shape index (κ3) is 4.03. The molecule has 4 rings (SSSR count). The lowest BCUT2D eigenvalue weighted by atomic mass is 10.0. The lowest BCUT2D eigenvalue weighted by molar-refractivity contribution is -0.124. The van der Waals surface area contributed by atoms with Gasteiger partial charge in [0, 0.05) is 30.4 Å². The number of aliphatic hydroxyl groups is 1. The molecular weight excluding hydrogens is 378 g/mol. The Balaban J connectivity index is 1.51. The van der Waals surface area contributed by atoms with Gasteiger partial charge in [-0.25, -0.2) is 5.48 Å². The number of rotatable bonds is 7. The number of aromatic nitrogens is 1. The second-order valence-electron chi connectivity index (χ2n) is 7.85. The quantitative estimate of drug-likeness (QED) is 0.321. The van der Waals surface area contributed by atoms with E-state index in [1.165, 1.54) is 28.1 Å². The van der Waals surface area contributed by atoms with Gasteiger partial charge >= 0.3 is 0 Å². The molecular formula is C24H27N3O3. The highest BCUT2D eigenvalue weighted by Crippen LogP contribution is 2.37. The zero-order valence-electron chi connectivity index (χ0n) is 17.0. The smallest absolute Gasteiger partial charge is 0.267 e. The summed E-state index contributed by atoms with van der Waals surface area (Å²) in [5.41, 5.74) is 6.25. The van der Waals surface area contributed by atoms with Crippen molar-refractivity contribution in [3.05, 3.63) is 77.5 Å². The summed E-state index contributed by atoms with van der Waals surface area (Å²) >= 11 is 0. The van der Waals surface area contributed by atoms with Crippen LogP contribution < -0.4 is 5.48 Å². The number of carbonyl (C=O) groups is 1. The van der Waals surface area contributed by atoms with E-state index in [0.717, 1.165) is 24.9 Å². The maximum Gasteiger partial charge on any atom is 0.267 e. The molecule has 0 aliphatic heterocycles. The van der Waals surface area contributed by atoms with Crippen LogP contribution in [0.2, 0.25) is 0 Å². The molecule has 0 spiro atoms. The number of carbonyl (C=O) groups excluding carboxylic acids is 1. The third-order valence-corrected chi connectivity index (χ3v) is 6.12. The first-order valence-electron chi connectivity index (χ1n) is 10.2. The second kappa shape index (κ2) is 8.83. The first kappa shape index (κ1) is 20.3. The van der Waals surface area contributed by atoms with Crippen LogP contribution in [0, 0.1) is 0 Å². The van der Waals surface area contributed by atoms with Crippen LogP contribution in [0.1, 0.15) is 29.2 Å². The minimum absolute atomic E-state index is 0.00424. The highest BCUT2D eigenvalue weighted by atomic mass is 16.5. The molecule has 2 atom stereocenters. The minimum Gasteiger partial charge on any atom is -0.395 e. The molecule has 1 heterocycles. The van der Waals surface area contributed by atoms with Gasteiger partial charge in [-0.3, -0.25) is 14.9 Å². The Hall–Kier alpha value is -2.93. The second-order valence-corrected chi connectivity index (χ2v) is 7.85. The summed E-state index contributed by atoms with van der Waals surface area (Å²) in [6, 6.07) is 16.9. The van der Waals surface area contributed by atoms with Crippen LogP contribution in [0.3, 0.4) is 0 Å². The van der Waals surface area contributed by atoms with Crippen molar-refractivity contribution in [3.63, 3.8) is 0 Å². The van der Waals surface area contributed by atoms with Gasteiger partial charge in [-0.2, -0.15) is 0 Å². The summed E-state index contributed by atoms with van der Waals surface area (Å²) in [6.45, 7) is 0.815. The van der Waals surface area contributed by atoms with E-state index in [4.69, 9.17) is 5.21 Å². The van der Waals surface area contributed by atoms with Gasteiger partial charge in [0.1, 0.15) is 0 Å². The molecule has 1 unspecified atom stereocenters. The van der Waals surface area contributed by atoms with Gasteiger partial charge in [0.15, 0.2) is 0 Å². The molecule has 6 heteroatoms. The van der Waals surface area contributed by atoms with E-state index < -0.39 is 5.91 Å². The van der Waals surface area contributed by atoms with Gasteiger partial charge in [-0.15, -0.1) is 0 Å². The van der Waals surface area contributed by atoms with Crippen LogP contribution in [0.5, 0.6) is 0 Å². The number of benzene rings is 2. The van der Waals surface area contributed by atoms with Crippen molar-refractivity contribution >= 4 is 22.9 Å². The Kier molecular flexibility index (Phi) is 5.99. The summed E-state index contributed by atoms with van der Waals surface area (Å²) in [5, 5.41) is 20.0. The van der Waals surface area contributed by atoms with Crippen molar-refractivity contribution in [1.29, 1.82) is 0 Å². The average Bonchev–Trinajstić information content (AvgIpc) is 3.39. The number of hydrogen-bond donors (Lipinski definition) is 3. The van der Waals surface area contributed by atoms with Crippen LogP contribution in [-0.2, 0) is 17.8 Å². The first-order valence-corrected chi connectivity index (χ1v) is 10.2. The number of aliphatic hydroxyl groups excluding tert-OH is 1. The lowest BCUT2D eigenvalue weighted by Crippen LogP contribution is -2.40. The maximum absolute atomic E-state index is 11.2. The molecule has 2 aromatic carbocycles. The number of likely N-dealkylation sites (N-methyl/N-ethyl adjacent to an activating group) is 1. The number of para-hydroxylation sites is 1. The van der Waals surface area contributed by atoms with E-state index in [9.17, 15) is 9.90 Å². The van der Waals surface area contributed by atoms with Crippen molar-refractivity contribution in [3.8, 4) is 0 Å².